The van der Waals surface area contributed by atoms with Crippen LogP contribution in [0.4, 0.5) is 11.4 Å². The fourth-order valence-corrected chi connectivity index (χ4v) is 2.88. The molecule has 0 aliphatic heterocycles. The van der Waals surface area contributed by atoms with E-state index < -0.39 is 5.97 Å². The van der Waals surface area contributed by atoms with Crippen LogP contribution in [0, 0.1) is 0 Å². The van der Waals surface area contributed by atoms with Gasteiger partial charge in [-0.15, -0.1) is 0 Å². The van der Waals surface area contributed by atoms with Crippen LogP contribution in [-0.2, 0) is 4.79 Å². The Morgan fingerprint density at radius 3 is 2.08 bits per heavy atom. The zero-order valence-corrected chi connectivity index (χ0v) is 13.5. The van der Waals surface area contributed by atoms with Crippen molar-refractivity contribution in [3.05, 3.63) is 52.6 Å². The fraction of sp³-hybridized carbons (Fsp3) is 0.167. The van der Waals surface area contributed by atoms with Gasteiger partial charge in [-0.25, -0.2) is 0 Å². The molecular weight excluding hydrogens is 308 g/mol. The zero-order valence-electron chi connectivity index (χ0n) is 13.5. The van der Waals surface area contributed by atoms with Gasteiger partial charge >= 0.3 is 5.97 Å². The molecule has 0 saturated carbocycles. The maximum absolute atomic E-state index is 12.9. The summed E-state index contributed by atoms with van der Waals surface area (Å²) in [5.41, 5.74) is 7.56. The lowest BCUT2D eigenvalue weighted by Crippen LogP contribution is -2.25. The Morgan fingerprint density at radius 2 is 1.58 bits per heavy atom. The number of carbonyl (C=O) groups excluding carboxylic acids is 3. The third-order valence-electron chi connectivity index (χ3n) is 3.92. The molecule has 2 aromatic carbocycles. The van der Waals surface area contributed by atoms with Crippen LogP contribution in [-0.4, -0.2) is 31.6 Å². The number of nitrogens with zero attached hydrogens (tertiary/aromatic N) is 1. The van der Waals surface area contributed by atoms with Crippen molar-refractivity contribution in [1.29, 1.82) is 0 Å². The summed E-state index contributed by atoms with van der Waals surface area (Å²) in [5, 5.41) is 0. The number of benzene rings is 2. The Kier molecular flexibility index (Phi) is 3.60. The number of ketones is 2. The van der Waals surface area contributed by atoms with Crippen molar-refractivity contribution in [1.82, 2.24) is 0 Å². The van der Waals surface area contributed by atoms with Crippen molar-refractivity contribution < 1.29 is 19.1 Å². The second-order valence-electron chi connectivity index (χ2n) is 5.75. The summed E-state index contributed by atoms with van der Waals surface area (Å²) in [4.78, 5) is 38.9. The molecule has 2 aromatic rings. The molecule has 0 unspecified atom stereocenters. The summed E-state index contributed by atoms with van der Waals surface area (Å²) in [6.45, 7) is 1.24. The summed E-state index contributed by atoms with van der Waals surface area (Å²) in [6.07, 6.45) is 0. The Morgan fingerprint density at radius 1 is 1.04 bits per heavy atom. The number of nitrogens with two attached hydrogens (primary N) is 1. The monoisotopic (exact) mass is 324 g/mol. The average Bonchev–Trinajstić information content (AvgIpc) is 2.53. The molecule has 0 aromatic heterocycles. The third-order valence-corrected chi connectivity index (χ3v) is 3.92. The molecule has 3 rings (SSSR count). The molecular formula is C18H16N2O4. The lowest BCUT2D eigenvalue weighted by atomic mass is 9.82. The molecule has 0 saturated heterocycles. The third kappa shape index (κ3) is 2.23. The van der Waals surface area contributed by atoms with Gasteiger partial charge in [0.05, 0.1) is 22.5 Å². The summed E-state index contributed by atoms with van der Waals surface area (Å²) in [5.74, 6) is -1.27. The van der Waals surface area contributed by atoms with Gasteiger partial charge in [0.2, 0.25) is 0 Å². The van der Waals surface area contributed by atoms with Crippen molar-refractivity contribution in [2.24, 2.45) is 0 Å². The van der Waals surface area contributed by atoms with Crippen LogP contribution < -0.4 is 15.4 Å². The number of ether oxygens (including phenoxy) is 1. The number of esters is 1. The summed E-state index contributed by atoms with van der Waals surface area (Å²) < 4.78 is 5.20. The van der Waals surface area contributed by atoms with E-state index in [1.807, 2.05) is 0 Å². The van der Waals surface area contributed by atoms with Gasteiger partial charge in [0.15, 0.2) is 11.6 Å². The SMILES string of the molecule is CC(=O)Oc1cc(N(C)C)c(N)c2c1C(=O)c1ccccc1C2=O. The Labute approximate surface area is 138 Å². The highest BCUT2D eigenvalue weighted by Gasteiger charge is 2.35. The summed E-state index contributed by atoms with van der Waals surface area (Å²) in [6, 6.07) is 8.04. The second kappa shape index (κ2) is 5.49. The van der Waals surface area contributed by atoms with Crippen molar-refractivity contribution >= 4 is 28.9 Å². The molecule has 0 spiro atoms. The van der Waals surface area contributed by atoms with Gasteiger partial charge in [0.1, 0.15) is 5.75 Å². The first-order valence-corrected chi connectivity index (χ1v) is 7.33. The molecule has 1 aliphatic carbocycles. The molecule has 0 heterocycles. The fourth-order valence-electron chi connectivity index (χ4n) is 2.88. The molecule has 122 valence electrons. The average molecular weight is 324 g/mol. The number of fused-ring (bicyclic) bond motifs is 2. The van der Waals surface area contributed by atoms with Gasteiger partial charge < -0.3 is 15.4 Å². The van der Waals surface area contributed by atoms with E-state index >= 15 is 0 Å². The highest BCUT2D eigenvalue weighted by Crippen LogP contribution is 2.41. The van der Waals surface area contributed by atoms with Crippen LogP contribution in [0.25, 0.3) is 0 Å². The van der Waals surface area contributed by atoms with Gasteiger partial charge in [-0.2, -0.15) is 0 Å². The van der Waals surface area contributed by atoms with Gasteiger partial charge in [-0.05, 0) is 0 Å². The van der Waals surface area contributed by atoms with E-state index in [2.05, 4.69) is 0 Å². The highest BCUT2D eigenvalue weighted by molar-refractivity contribution is 6.31. The first-order valence-electron chi connectivity index (χ1n) is 7.33. The van der Waals surface area contributed by atoms with Gasteiger partial charge in [-0.1, -0.05) is 24.3 Å². The van der Waals surface area contributed by atoms with Gasteiger partial charge in [0, 0.05) is 38.2 Å². The van der Waals surface area contributed by atoms with Gasteiger partial charge in [0.25, 0.3) is 0 Å². The number of hydrogen-bond donors (Lipinski definition) is 1. The van der Waals surface area contributed by atoms with E-state index in [1.54, 1.807) is 43.3 Å². The minimum absolute atomic E-state index is 0.0389. The summed E-state index contributed by atoms with van der Waals surface area (Å²) in [7, 11) is 3.50. The van der Waals surface area contributed by atoms with Crippen LogP contribution >= 0.6 is 0 Å². The first-order chi connectivity index (χ1) is 11.3. The largest absolute Gasteiger partial charge is 0.426 e. The van der Waals surface area contributed by atoms with Crippen molar-refractivity contribution in [3.8, 4) is 5.75 Å². The molecule has 0 radical (unpaired) electrons. The summed E-state index contributed by atoms with van der Waals surface area (Å²) >= 11 is 0. The normalized spacial score (nSPS) is 12.5. The maximum atomic E-state index is 12.9. The number of nitrogen functional groups attached to an aromatic ring is 1. The predicted molar refractivity (Wildman–Crippen MR) is 89.8 cm³/mol. The van der Waals surface area contributed by atoms with Crippen molar-refractivity contribution in [3.63, 3.8) is 0 Å². The minimum Gasteiger partial charge on any atom is -0.426 e. The van der Waals surface area contributed by atoms with Crippen LogP contribution in [0.3, 0.4) is 0 Å². The van der Waals surface area contributed by atoms with E-state index in [0.29, 0.717) is 11.3 Å². The molecule has 24 heavy (non-hydrogen) atoms. The number of rotatable bonds is 2. The van der Waals surface area contributed by atoms with Crippen LogP contribution in [0.15, 0.2) is 30.3 Å². The molecule has 0 fully saturated rings. The number of hydrogen-bond acceptors (Lipinski definition) is 6. The van der Waals surface area contributed by atoms with Gasteiger partial charge in [-0.3, -0.25) is 14.4 Å². The van der Waals surface area contributed by atoms with E-state index in [1.165, 1.54) is 13.0 Å². The van der Waals surface area contributed by atoms with E-state index in [0.717, 1.165) is 0 Å². The van der Waals surface area contributed by atoms with Crippen molar-refractivity contribution in [2.45, 2.75) is 6.92 Å². The lowest BCUT2D eigenvalue weighted by molar-refractivity contribution is -0.131. The van der Waals surface area contributed by atoms with Crippen molar-refractivity contribution in [2.75, 3.05) is 24.7 Å². The molecule has 0 bridgehead atoms. The predicted octanol–water partition coefficient (Wildman–Crippen LogP) is 2.04. The Bertz CT molecular complexity index is 900. The van der Waals surface area contributed by atoms with E-state index in [4.69, 9.17) is 10.5 Å². The number of carbonyl (C=O) groups is 3. The Hall–Kier alpha value is -3.15. The topological polar surface area (TPSA) is 89.7 Å². The maximum Gasteiger partial charge on any atom is 0.308 e. The van der Waals surface area contributed by atoms with Crippen LogP contribution in [0.2, 0.25) is 0 Å². The van der Waals surface area contributed by atoms with E-state index in [-0.39, 0.29) is 39.7 Å². The standard InChI is InChI=1S/C18H16N2O4/c1-9(21)24-13-8-12(20(2)3)16(19)15-14(13)17(22)10-6-4-5-7-11(10)18(15)23/h4-8H,19H2,1-3H3. The lowest BCUT2D eigenvalue weighted by Gasteiger charge is -2.25. The zero-order chi connectivity index (χ0) is 17.6. The molecule has 0 amide bonds. The Balaban J connectivity index is 2.37. The number of anilines is 2. The van der Waals surface area contributed by atoms with E-state index in [9.17, 15) is 14.4 Å². The van der Waals surface area contributed by atoms with Crippen LogP contribution in [0.5, 0.6) is 5.75 Å². The molecule has 6 heteroatoms. The first kappa shape index (κ1) is 15.7. The molecule has 0 atom stereocenters. The second-order valence-corrected chi connectivity index (χ2v) is 5.75. The minimum atomic E-state index is -0.578. The molecule has 6 nitrogen and oxygen atoms in total. The van der Waals surface area contributed by atoms with Crippen LogP contribution in [0.1, 0.15) is 38.8 Å². The smallest absolute Gasteiger partial charge is 0.308 e. The molecule has 1 aliphatic rings. The molecule has 2 N–H and O–H groups in total. The highest BCUT2D eigenvalue weighted by atomic mass is 16.5. The quantitative estimate of drug-likeness (QED) is 0.441.